The average Bonchev–Trinajstić information content (AvgIpc) is 2.87. The summed E-state index contributed by atoms with van der Waals surface area (Å²) in [7, 11) is 0. The first kappa shape index (κ1) is 25.2. The summed E-state index contributed by atoms with van der Waals surface area (Å²) in [4.78, 5) is 26.2. The molecule has 0 saturated carbocycles. The summed E-state index contributed by atoms with van der Waals surface area (Å²) in [5, 5.41) is 0. The van der Waals surface area contributed by atoms with Gasteiger partial charge in [-0.25, -0.2) is 9.59 Å². The largest absolute Gasteiger partial charge is 0.419 e. The normalized spacial score (nSPS) is 10.7. The lowest BCUT2D eigenvalue weighted by molar-refractivity contribution is 0.0679. The van der Waals surface area contributed by atoms with Crippen LogP contribution >= 0.6 is 0 Å². The number of esters is 2. The Hall–Kier alpha value is -3.40. The maximum absolute atomic E-state index is 13.1. The van der Waals surface area contributed by atoms with Gasteiger partial charge in [-0.05, 0) is 61.1 Å². The van der Waals surface area contributed by atoms with E-state index in [0.717, 1.165) is 61.6 Å². The number of carbonyl (C=O) groups excluding carboxylic acids is 2. The fourth-order valence-corrected chi connectivity index (χ4v) is 4.04. The summed E-state index contributed by atoms with van der Waals surface area (Å²) in [6, 6.07) is 20.0. The summed E-state index contributed by atoms with van der Waals surface area (Å²) in [5.41, 5.74) is 3.94. The summed E-state index contributed by atoms with van der Waals surface area (Å²) < 4.78 is 12.0. The lowest BCUT2D eigenvalue weighted by Crippen LogP contribution is -2.16. The van der Waals surface area contributed by atoms with E-state index in [1.807, 2.05) is 12.1 Å². The van der Waals surface area contributed by atoms with Crippen LogP contribution in [-0.4, -0.2) is 11.9 Å². The first-order chi connectivity index (χ1) is 16.6. The van der Waals surface area contributed by atoms with Gasteiger partial charge in [0.05, 0.1) is 11.1 Å². The van der Waals surface area contributed by atoms with Gasteiger partial charge in [-0.1, -0.05) is 82.5 Å². The highest BCUT2D eigenvalue weighted by Crippen LogP contribution is 2.41. The van der Waals surface area contributed by atoms with E-state index >= 15 is 0 Å². The molecule has 0 saturated heterocycles. The molecule has 0 aliphatic heterocycles. The molecule has 0 unspecified atom stereocenters. The van der Waals surface area contributed by atoms with E-state index in [2.05, 4.69) is 26.8 Å². The summed E-state index contributed by atoms with van der Waals surface area (Å²) in [6.07, 6.45) is 6.16. The number of hydrogen-bond donors (Lipinski definition) is 0. The quantitative estimate of drug-likeness (QED) is 0.222. The summed E-state index contributed by atoms with van der Waals surface area (Å²) in [5.74, 6) is -0.155. The van der Waals surface area contributed by atoms with Crippen LogP contribution in [0.15, 0.2) is 66.7 Å². The number of rotatable bonds is 11. The predicted octanol–water partition coefficient (Wildman–Crippen LogP) is 7.37. The van der Waals surface area contributed by atoms with Crippen molar-refractivity contribution in [1.82, 2.24) is 0 Å². The Balaban J connectivity index is 2.15. The Morgan fingerprint density at radius 3 is 1.62 bits per heavy atom. The van der Waals surface area contributed by atoms with E-state index < -0.39 is 11.9 Å². The SMILES string of the molecule is CCCCc1c(CCC)cc(CCC)c(OC(=O)c2ccccc2)c1OC(=O)c1ccccc1. The van der Waals surface area contributed by atoms with E-state index in [9.17, 15) is 9.59 Å². The van der Waals surface area contributed by atoms with Crippen LogP contribution in [0.3, 0.4) is 0 Å². The van der Waals surface area contributed by atoms with Crippen LogP contribution in [0.5, 0.6) is 11.5 Å². The molecule has 3 rings (SSSR count). The zero-order chi connectivity index (χ0) is 24.3. The van der Waals surface area contributed by atoms with Crippen LogP contribution in [0.4, 0.5) is 0 Å². The molecule has 0 radical (unpaired) electrons. The van der Waals surface area contributed by atoms with Crippen LogP contribution in [0.2, 0.25) is 0 Å². The standard InChI is InChI=1S/C30H34O4/c1-4-7-20-26-24(14-5-2)21-25(15-6-3)27(33-29(31)22-16-10-8-11-17-22)28(26)34-30(32)23-18-12-9-13-19-23/h8-13,16-19,21H,4-7,14-15,20H2,1-3H3. The maximum Gasteiger partial charge on any atom is 0.343 e. The predicted molar refractivity (Wildman–Crippen MR) is 136 cm³/mol. The molecular weight excluding hydrogens is 424 g/mol. The zero-order valence-electron chi connectivity index (χ0n) is 20.4. The summed E-state index contributed by atoms with van der Waals surface area (Å²) >= 11 is 0. The minimum Gasteiger partial charge on any atom is -0.419 e. The molecule has 34 heavy (non-hydrogen) atoms. The van der Waals surface area contributed by atoms with Crippen molar-refractivity contribution < 1.29 is 19.1 Å². The first-order valence-corrected chi connectivity index (χ1v) is 12.3. The Morgan fingerprint density at radius 1 is 0.618 bits per heavy atom. The molecule has 3 aromatic rings. The third-order valence-corrected chi connectivity index (χ3v) is 5.74. The van der Waals surface area contributed by atoms with Gasteiger partial charge >= 0.3 is 11.9 Å². The van der Waals surface area contributed by atoms with E-state index in [1.54, 1.807) is 48.5 Å². The molecule has 0 spiro atoms. The monoisotopic (exact) mass is 458 g/mol. The molecule has 0 aliphatic carbocycles. The Kier molecular flexibility index (Phi) is 9.45. The lowest BCUT2D eigenvalue weighted by Gasteiger charge is -2.21. The molecule has 0 aliphatic rings. The second kappa shape index (κ2) is 12.7. The molecule has 0 heterocycles. The van der Waals surface area contributed by atoms with Crippen LogP contribution < -0.4 is 9.47 Å². The van der Waals surface area contributed by atoms with Gasteiger partial charge in [-0.2, -0.15) is 0 Å². The van der Waals surface area contributed by atoms with Crippen molar-refractivity contribution >= 4 is 11.9 Å². The topological polar surface area (TPSA) is 52.6 Å². The smallest absolute Gasteiger partial charge is 0.343 e. The maximum atomic E-state index is 13.1. The molecule has 0 atom stereocenters. The van der Waals surface area contributed by atoms with Crippen molar-refractivity contribution in [2.75, 3.05) is 0 Å². The highest BCUT2D eigenvalue weighted by molar-refractivity contribution is 5.93. The minimum absolute atomic E-state index is 0.367. The van der Waals surface area contributed by atoms with E-state index in [4.69, 9.17) is 9.47 Å². The first-order valence-electron chi connectivity index (χ1n) is 12.3. The fourth-order valence-electron chi connectivity index (χ4n) is 4.04. The van der Waals surface area contributed by atoms with Crippen LogP contribution in [-0.2, 0) is 19.3 Å². The summed E-state index contributed by atoms with van der Waals surface area (Å²) in [6.45, 7) is 6.36. The molecule has 0 aromatic heterocycles. The van der Waals surface area contributed by atoms with Crippen molar-refractivity contribution in [1.29, 1.82) is 0 Å². The van der Waals surface area contributed by atoms with Crippen molar-refractivity contribution in [3.8, 4) is 11.5 Å². The third kappa shape index (κ3) is 6.34. The molecular formula is C30H34O4. The molecule has 4 nitrogen and oxygen atoms in total. The molecule has 0 bridgehead atoms. The van der Waals surface area contributed by atoms with Gasteiger partial charge in [0.2, 0.25) is 0 Å². The van der Waals surface area contributed by atoms with Crippen molar-refractivity contribution in [3.63, 3.8) is 0 Å². The van der Waals surface area contributed by atoms with Crippen molar-refractivity contribution in [2.24, 2.45) is 0 Å². The van der Waals surface area contributed by atoms with Crippen LogP contribution in [0.1, 0.15) is 83.9 Å². The van der Waals surface area contributed by atoms with Gasteiger partial charge in [0.15, 0.2) is 11.5 Å². The molecule has 0 N–H and O–H groups in total. The number of ether oxygens (including phenoxy) is 2. The second-order valence-electron chi connectivity index (χ2n) is 8.45. The number of benzene rings is 3. The highest BCUT2D eigenvalue weighted by atomic mass is 16.6. The minimum atomic E-state index is -0.459. The molecule has 0 amide bonds. The Labute approximate surface area is 202 Å². The van der Waals surface area contributed by atoms with Gasteiger partial charge in [-0.3, -0.25) is 0 Å². The Bertz CT molecular complexity index is 1090. The fraction of sp³-hybridized carbons (Fsp3) is 0.333. The van der Waals surface area contributed by atoms with Gasteiger partial charge in [0, 0.05) is 5.56 Å². The van der Waals surface area contributed by atoms with Gasteiger partial charge < -0.3 is 9.47 Å². The van der Waals surface area contributed by atoms with Gasteiger partial charge in [-0.15, -0.1) is 0 Å². The second-order valence-corrected chi connectivity index (χ2v) is 8.45. The van der Waals surface area contributed by atoms with E-state index in [1.165, 1.54) is 0 Å². The number of hydrogen-bond acceptors (Lipinski definition) is 4. The molecule has 0 fully saturated rings. The number of carbonyl (C=O) groups is 2. The van der Waals surface area contributed by atoms with Crippen molar-refractivity contribution in [2.45, 2.75) is 65.7 Å². The van der Waals surface area contributed by atoms with Crippen LogP contribution in [0.25, 0.3) is 0 Å². The number of unbranched alkanes of at least 4 members (excludes halogenated alkanes) is 1. The van der Waals surface area contributed by atoms with Crippen LogP contribution in [0, 0.1) is 0 Å². The van der Waals surface area contributed by atoms with Gasteiger partial charge in [0.1, 0.15) is 0 Å². The van der Waals surface area contributed by atoms with Crippen molar-refractivity contribution in [3.05, 3.63) is 94.5 Å². The lowest BCUT2D eigenvalue weighted by atomic mass is 9.93. The highest BCUT2D eigenvalue weighted by Gasteiger charge is 2.25. The van der Waals surface area contributed by atoms with E-state index in [0.29, 0.717) is 22.6 Å². The average molecular weight is 459 g/mol. The van der Waals surface area contributed by atoms with E-state index in [-0.39, 0.29) is 0 Å². The molecule has 4 heteroatoms. The zero-order valence-corrected chi connectivity index (χ0v) is 20.4. The third-order valence-electron chi connectivity index (χ3n) is 5.74. The number of aryl methyl sites for hydroxylation is 2. The van der Waals surface area contributed by atoms with Gasteiger partial charge in [0.25, 0.3) is 0 Å². The molecule has 178 valence electrons. The molecule has 3 aromatic carbocycles. The Morgan fingerprint density at radius 2 is 1.12 bits per heavy atom.